The number of carbonyl (C=O) groups is 1. The second-order valence-electron chi connectivity index (χ2n) is 3.56. The van der Waals surface area contributed by atoms with Crippen LogP contribution in [0.5, 0.6) is 0 Å². The van der Waals surface area contributed by atoms with E-state index in [1.807, 2.05) is 6.92 Å². The van der Waals surface area contributed by atoms with E-state index in [1.165, 1.54) is 0 Å². The number of nitrogens with zero attached hydrogens (tertiary/aromatic N) is 3. The minimum Gasteiger partial charge on any atom is -0.481 e. The van der Waals surface area contributed by atoms with E-state index >= 15 is 0 Å². The topological polar surface area (TPSA) is 76.0 Å². The van der Waals surface area contributed by atoms with Gasteiger partial charge in [-0.25, -0.2) is 4.98 Å². The Labute approximate surface area is 82.2 Å². The number of carboxylic acids is 1. The number of carboxylic acid groups (broad SMARTS) is 1. The van der Waals surface area contributed by atoms with Crippen LogP contribution >= 0.6 is 0 Å². The third-order valence-corrected chi connectivity index (χ3v) is 2.06. The summed E-state index contributed by atoms with van der Waals surface area (Å²) in [5.41, 5.74) is -0.331. The Morgan fingerprint density at radius 2 is 2.21 bits per heavy atom. The largest absolute Gasteiger partial charge is 0.481 e. The average molecular weight is 195 g/mol. The van der Waals surface area contributed by atoms with Gasteiger partial charge in [0.15, 0.2) is 5.82 Å². The van der Waals surface area contributed by atoms with E-state index in [1.54, 1.807) is 20.0 Å². The molecule has 1 aromatic rings. The maximum Gasteiger partial charge on any atom is 0.316 e. The lowest BCUT2D eigenvalue weighted by Crippen LogP contribution is -2.31. The van der Waals surface area contributed by atoms with Gasteiger partial charge in [0.05, 0.1) is 11.9 Å². The summed E-state index contributed by atoms with van der Waals surface area (Å²) in [7, 11) is 0. The van der Waals surface area contributed by atoms with Gasteiger partial charge in [0.25, 0.3) is 0 Å². The molecule has 0 aromatic carbocycles. The third kappa shape index (κ3) is 1.86. The zero-order chi connectivity index (χ0) is 10.8. The second kappa shape index (κ2) is 3.69. The van der Waals surface area contributed by atoms with Crippen LogP contribution in [0.15, 0.2) is 6.20 Å². The fraction of sp³-hybridized carbons (Fsp3) is 0.556. The predicted octanol–water partition coefficient (Wildman–Crippen LogP) is 0.796. The highest BCUT2D eigenvalue weighted by Crippen LogP contribution is 2.18. The van der Waals surface area contributed by atoms with Crippen molar-refractivity contribution in [3.8, 4) is 0 Å². The van der Waals surface area contributed by atoms with Crippen LogP contribution in [-0.2, 0) is 16.6 Å². The van der Waals surface area contributed by atoms with Crippen molar-refractivity contribution < 1.29 is 9.90 Å². The monoisotopic (exact) mass is 195 g/mol. The maximum absolute atomic E-state index is 10.9. The van der Waals surface area contributed by atoms with Crippen molar-refractivity contribution in [3.63, 3.8) is 0 Å². The van der Waals surface area contributed by atoms with Crippen molar-refractivity contribution >= 4 is 5.97 Å². The summed E-state index contributed by atoms with van der Waals surface area (Å²) < 4.78 is 0. The number of hydrogen-bond acceptors (Lipinski definition) is 4. The molecule has 1 aromatic heterocycles. The van der Waals surface area contributed by atoms with Crippen molar-refractivity contribution in [2.24, 2.45) is 0 Å². The van der Waals surface area contributed by atoms with E-state index < -0.39 is 11.4 Å². The van der Waals surface area contributed by atoms with Crippen molar-refractivity contribution in [1.82, 2.24) is 15.2 Å². The van der Waals surface area contributed by atoms with Crippen LogP contribution in [0.1, 0.15) is 32.3 Å². The molecular weight excluding hydrogens is 182 g/mol. The van der Waals surface area contributed by atoms with Crippen molar-refractivity contribution in [1.29, 1.82) is 0 Å². The van der Waals surface area contributed by atoms with Gasteiger partial charge in [-0.15, -0.1) is 5.10 Å². The average Bonchev–Trinajstić information content (AvgIpc) is 2.17. The molecule has 0 aliphatic carbocycles. The van der Waals surface area contributed by atoms with Crippen LogP contribution in [0.25, 0.3) is 0 Å². The van der Waals surface area contributed by atoms with Gasteiger partial charge in [0, 0.05) is 0 Å². The lowest BCUT2D eigenvalue weighted by atomic mass is 9.93. The first-order chi connectivity index (χ1) is 6.48. The van der Waals surface area contributed by atoms with Gasteiger partial charge in [0.1, 0.15) is 5.41 Å². The van der Waals surface area contributed by atoms with E-state index in [4.69, 9.17) is 5.11 Å². The molecule has 1 heterocycles. The minimum atomic E-state index is -1.09. The predicted molar refractivity (Wildman–Crippen MR) is 49.9 cm³/mol. The highest BCUT2D eigenvalue weighted by molar-refractivity contribution is 5.78. The van der Waals surface area contributed by atoms with Crippen molar-refractivity contribution in [3.05, 3.63) is 17.7 Å². The summed E-state index contributed by atoms with van der Waals surface area (Å²) >= 11 is 0. The highest BCUT2D eigenvalue weighted by Gasteiger charge is 2.33. The molecule has 5 nitrogen and oxygen atoms in total. The minimum absolute atomic E-state index is 0.254. The number of aliphatic carboxylic acids is 1. The fourth-order valence-electron chi connectivity index (χ4n) is 0.868. The summed E-state index contributed by atoms with van der Waals surface area (Å²) in [6.07, 6.45) is 2.26. The Morgan fingerprint density at radius 3 is 2.71 bits per heavy atom. The lowest BCUT2D eigenvalue weighted by Gasteiger charge is -2.16. The number of aromatic nitrogens is 3. The Kier molecular flexibility index (Phi) is 2.78. The fourth-order valence-corrected chi connectivity index (χ4v) is 0.868. The van der Waals surface area contributed by atoms with Gasteiger partial charge >= 0.3 is 5.97 Å². The SMILES string of the molecule is CCc1cnnc(C(C)(C)C(=O)O)n1. The molecule has 14 heavy (non-hydrogen) atoms. The van der Waals surface area contributed by atoms with Gasteiger partial charge in [-0.1, -0.05) is 6.92 Å². The van der Waals surface area contributed by atoms with Crippen molar-refractivity contribution in [2.45, 2.75) is 32.6 Å². The summed E-state index contributed by atoms with van der Waals surface area (Å²) in [5.74, 6) is -0.697. The quantitative estimate of drug-likeness (QED) is 0.771. The van der Waals surface area contributed by atoms with E-state index in [0.29, 0.717) is 0 Å². The number of hydrogen-bond donors (Lipinski definition) is 1. The Bertz CT molecular complexity index is 350. The Morgan fingerprint density at radius 1 is 1.57 bits per heavy atom. The molecule has 0 aliphatic rings. The van der Waals surface area contributed by atoms with Crippen molar-refractivity contribution in [2.75, 3.05) is 0 Å². The molecule has 0 amide bonds. The smallest absolute Gasteiger partial charge is 0.316 e. The standard InChI is InChI=1S/C9H13N3O2/c1-4-6-5-10-12-7(11-6)9(2,3)8(13)14/h5H,4H2,1-3H3,(H,13,14). The Hall–Kier alpha value is -1.52. The molecule has 0 radical (unpaired) electrons. The number of aryl methyl sites for hydroxylation is 1. The number of rotatable bonds is 3. The van der Waals surface area contributed by atoms with E-state index in [-0.39, 0.29) is 5.82 Å². The summed E-state index contributed by atoms with van der Waals surface area (Å²) in [6, 6.07) is 0. The normalized spacial score (nSPS) is 11.4. The summed E-state index contributed by atoms with van der Waals surface area (Å²) in [4.78, 5) is 15.0. The zero-order valence-electron chi connectivity index (χ0n) is 8.48. The molecule has 0 unspecified atom stereocenters. The molecule has 0 spiro atoms. The molecule has 1 N–H and O–H groups in total. The Balaban J connectivity index is 3.12. The molecule has 0 saturated heterocycles. The molecule has 76 valence electrons. The van der Waals surface area contributed by atoms with Gasteiger partial charge in [-0.3, -0.25) is 4.79 Å². The van der Waals surface area contributed by atoms with Crippen LogP contribution in [-0.4, -0.2) is 26.3 Å². The molecule has 0 saturated carbocycles. The molecule has 5 heteroatoms. The zero-order valence-corrected chi connectivity index (χ0v) is 8.48. The van der Waals surface area contributed by atoms with Gasteiger partial charge in [-0.2, -0.15) is 5.10 Å². The molecule has 0 fully saturated rings. The first-order valence-electron chi connectivity index (χ1n) is 4.41. The van der Waals surface area contributed by atoms with Gasteiger partial charge < -0.3 is 5.11 Å². The van der Waals surface area contributed by atoms with Crippen LogP contribution in [0.4, 0.5) is 0 Å². The van der Waals surface area contributed by atoms with Gasteiger partial charge in [0.2, 0.25) is 0 Å². The molecule has 0 aliphatic heterocycles. The van der Waals surface area contributed by atoms with Crippen LogP contribution < -0.4 is 0 Å². The maximum atomic E-state index is 10.9. The molecule has 0 bridgehead atoms. The lowest BCUT2D eigenvalue weighted by molar-refractivity contribution is -0.142. The first kappa shape index (κ1) is 10.6. The van der Waals surface area contributed by atoms with Crippen LogP contribution in [0.3, 0.4) is 0 Å². The second-order valence-corrected chi connectivity index (χ2v) is 3.56. The molecule has 0 atom stereocenters. The summed E-state index contributed by atoms with van der Waals surface area (Å²) in [5, 5.41) is 16.4. The van der Waals surface area contributed by atoms with Gasteiger partial charge in [-0.05, 0) is 20.3 Å². The van der Waals surface area contributed by atoms with Crippen LogP contribution in [0, 0.1) is 0 Å². The third-order valence-electron chi connectivity index (χ3n) is 2.06. The summed E-state index contributed by atoms with van der Waals surface area (Å²) in [6.45, 7) is 5.05. The van der Waals surface area contributed by atoms with E-state index in [0.717, 1.165) is 12.1 Å². The van der Waals surface area contributed by atoms with Crippen LogP contribution in [0.2, 0.25) is 0 Å². The first-order valence-corrected chi connectivity index (χ1v) is 4.41. The molecule has 1 rings (SSSR count). The highest BCUT2D eigenvalue weighted by atomic mass is 16.4. The van der Waals surface area contributed by atoms with E-state index in [2.05, 4.69) is 15.2 Å². The van der Waals surface area contributed by atoms with E-state index in [9.17, 15) is 4.79 Å². The molecular formula is C9H13N3O2.